The van der Waals surface area contributed by atoms with Crippen LogP contribution in [0.15, 0.2) is 12.3 Å². The summed E-state index contributed by atoms with van der Waals surface area (Å²) in [4.78, 5) is 15.4. The van der Waals surface area contributed by atoms with E-state index >= 15 is 0 Å². The number of nitrogens with one attached hydrogen (secondary N) is 1. The van der Waals surface area contributed by atoms with Crippen LogP contribution < -0.4 is 0 Å². The third-order valence-electron chi connectivity index (χ3n) is 5.69. The van der Waals surface area contributed by atoms with Crippen LogP contribution in [0.4, 0.5) is 0 Å². The van der Waals surface area contributed by atoms with Crippen LogP contribution in [-0.2, 0) is 4.74 Å². The zero-order chi connectivity index (χ0) is 15.8. The van der Waals surface area contributed by atoms with Crippen molar-refractivity contribution in [2.45, 2.75) is 50.5 Å². The number of aromatic nitrogens is 3. The van der Waals surface area contributed by atoms with Crippen LogP contribution in [0.2, 0.25) is 0 Å². The lowest BCUT2D eigenvalue weighted by molar-refractivity contribution is 0.0838. The predicted molar refractivity (Wildman–Crippen MR) is 90.7 cm³/mol. The SMILES string of the molecule is CC1CC(c2ccnc3[nH]c(C4CCOCC4)nc23)CCN1C. The first-order valence-electron chi connectivity index (χ1n) is 8.85. The van der Waals surface area contributed by atoms with Gasteiger partial charge in [0.25, 0.3) is 0 Å². The number of likely N-dealkylation sites (tertiary alicyclic amines) is 1. The molecule has 4 heterocycles. The molecule has 1 N–H and O–H groups in total. The van der Waals surface area contributed by atoms with E-state index in [0.29, 0.717) is 17.9 Å². The van der Waals surface area contributed by atoms with Gasteiger partial charge in [-0.25, -0.2) is 9.97 Å². The van der Waals surface area contributed by atoms with Gasteiger partial charge < -0.3 is 14.6 Å². The fourth-order valence-electron chi connectivity index (χ4n) is 4.01. The summed E-state index contributed by atoms with van der Waals surface area (Å²) < 4.78 is 5.47. The molecule has 5 nitrogen and oxygen atoms in total. The Balaban J connectivity index is 1.66. The summed E-state index contributed by atoms with van der Waals surface area (Å²) in [6, 6.07) is 2.81. The van der Waals surface area contributed by atoms with E-state index in [4.69, 9.17) is 9.72 Å². The molecule has 2 unspecified atom stereocenters. The number of pyridine rings is 1. The Kier molecular flexibility index (Phi) is 4.07. The third kappa shape index (κ3) is 2.88. The Labute approximate surface area is 137 Å². The van der Waals surface area contributed by atoms with Crippen molar-refractivity contribution in [2.75, 3.05) is 26.8 Å². The van der Waals surface area contributed by atoms with Gasteiger partial charge in [0, 0.05) is 31.4 Å². The molecule has 2 aromatic heterocycles. The molecule has 23 heavy (non-hydrogen) atoms. The van der Waals surface area contributed by atoms with Crippen molar-refractivity contribution in [3.63, 3.8) is 0 Å². The number of ether oxygens (including phenoxy) is 1. The first-order valence-corrected chi connectivity index (χ1v) is 8.85. The summed E-state index contributed by atoms with van der Waals surface area (Å²) >= 11 is 0. The van der Waals surface area contributed by atoms with Crippen molar-refractivity contribution < 1.29 is 4.74 Å². The number of hydrogen-bond donors (Lipinski definition) is 1. The molecular formula is C18H26N4O. The molecule has 2 aromatic rings. The molecule has 4 rings (SSSR count). The fraction of sp³-hybridized carbons (Fsp3) is 0.667. The van der Waals surface area contributed by atoms with E-state index in [2.05, 4.69) is 34.9 Å². The van der Waals surface area contributed by atoms with Crippen LogP contribution in [0.25, 0.3) is 11.2 Å². The Morgan fingerprint density at radius 2 is 2.04 bits per heavy atom. The second-order valence-corrected chi connectivity index (χ2v) is 7.16. The first-order chi connectivity index (χ1) is 11.2. The topological polar surface area (TPSA) is 54.0 Å². The van der Waals surface area contributed by atoms with Gasteiger partial charge in [-0.3, -0.25) is 0 Å². The molecule has 0 saturated carbocycles. The van der Waals surface area contributed by atoms with Gasteiger partial charge in [-0.1, -0.05) is 0 Å². The second-order valence-electron chi connectivity index (χ2n) is 7.16. The summed E-state index contributed by atoms with van der Waals surface area (Å²) in [5.41, 5.74) is 3.43. The van der Waals surface area contributed by atoms with Crippen LogP contribution >= 0.6 is 0 Å². The summed E-state index contributed by atoms with van der Waals surface area (Å²) in [5, 5.41) is 0. The largest absolute Gasteiger partial charge is 0.381 e. The molecule has 2 aliphatic heterocycles. The minimum atomic E-state index is 0.488. The number of hydrogen-bond acceptors (Lipinski definition) is 4. The molecule has 2 atom stereocenters. The lowest BCUT2D eigenvalue weighted by Gasteiger charge is -2.35. The fourth-order valence-corrected chi connectivity index (χ4v) is 4.01. The Morgan fingerprint density at radius 3 is 2.83 bits per heavy atom. The summed E-state index contributed by atoms with van der Waals surface area (Å²) in [6.07, 6.45) is 6.46. The maximum atomic E-state index is 5.47. The summed E-state index contributed by atoms with van der Waals surface area (Å²) in [5.74, 6) is 2.18. The number of rotatable bonds is 2. The minimum absolute atomic E-state index is 0.488. The van der Waals surface area contributed by atoms with E-state index in [1.165, 1.54) is 18.4 Å². The van der Waals surface area contributed by atoms with Gasteiger partial charge in [-0.05, 0) is 63.7 Å². The van der Waals surface area contributed by atoms with Crippen molar-refractivity contribution in [3.8, 4) is 0 Å². The van der Waals surface area contributed by atoms with Crippen LogP contribution in [0.3, 0.4) is 0 Å². The lowest BCUT2D eigenvalue weighted by atomic mass is 9.86. The molecule has 5 heteroatoms. The Morgan fingerprint density at radius 1 is 1.22 bits per heavy atom. The highest BCUT2D eigenvalue weighted by atomic mass is 16.5. The van der Waals surface area contributed by atoms with Crippen molar-refractivity contribution in [1.82, 2.24) is 19.9 Å². The average molecular weight is 314 g/mol. The molecular weight excluding hydrogens is 288 g/mol. The van der Waals surface area contributed by atoms with Crippen molar-refractivity contribution in [3.05, 3.63) is 23.7 Å². The smallest absolute Gasteiger partial charge is 0.157 e. The van der Waals surface area contributed by atoms with Gasteiger partial charge in [0.2, 0.25) is 0 Å². The molecule has 124 valence electrons. The Hall–Kier alpha value is -1.46. The molecule has 0 spiro atoms. The van der Waals surface area contributed by atoms with Crippen molar-refractivity contribution >= 4 is 11.2 Å². The number of H-pyrrole nitrogens is 1. The van der Waals surface area contributed by atoms with E-state index in [1.807, 2.05) is 6.20 Å². The third-order valence-corrected chi connectivity index (χ3v) is 5.69. The predicted octanol–water partition coefficient (Wildman–Crippen LogP) is 3.05. The van der Waals surface area contributed by atoms with Gasteiger partial charge >= 0.3 is 0 Å². The minimum Gasteiger partial charge on any atom is -0.381 e. The highest BCUT2D eigenvalue weighted by Gasteiger charge is 2.27. The number of fused-ring (bicyclic) bond motifs is 1. The molecule has 0 amide bonds. The maximum Gasteiger partial charge on any atom is 0.157 e. The molecule has 2 aliphatic rings. The molecule has 0 bridgehead atoms. The van der Waals surface area contributed by atoms with Crippen LogP contribution in [0, 0.1) is 0 Å². The molecule has 0 aromatic carbocycles. The van der Waals surface area contributed by atoms with E-state index < -0.39 is 0 Å². The van der Waals surface area contributed by atoms with E-state index in [-0.39, 0.29) is 0 Å². The lowest BCUT2D eigenvalue weighted by Crippen LogP contribution is -2.36. The zero-order valence-corrected chi connectivity index (χ0v) is 14.1. The standard InChI is InChI=1S/C18H26N4O/c1-12-11-14(4-8-22(12)2)15-3-7-19-18-16(15)20-17(21-18)13-5-9-23-10-6-13/h3,7,12-14H,4-6,8-11H2,1-2H3,(H,19,20,21). The van der Waals surface area contributed by atoms with Crippen LogP contribution in [0.5, 0.6) is 0 Å². The maximum absolute atomic E-state index is 5.47. The van der Waals surface area contributed by atoms with Gasteiger partial charge in [0.1, 0.15) is 11.3 Å². The number of piperidine rings is 1. The molecule has 0 aliphatic carbocycles. The Bertz CT molecular complexity index is 677. The van der Waals surface area contributed by atoms with Crippen LogP contribution in [-0.4, -0.2) is 52.7 Å². The van der Waals surface area contributed by atoms with Crippen molar-refractivity contribution in [2.24, 2.45) is 0 Å². The van der Waals surface area contributed by atoms with Gasteiger partial charge in [-0.15, -0.1) is 0 Å². The quantitative estimate of drug-likeness (QED) is 0.925. The first kappa shape index (κ1) is 15.1. The van der Waals surface area contributed by atoms with Gasteiger partial charge in [0.15, 0.2) is 5.65 Å². The van der Waals surface area contributed by atoms with E-state index in [1.54, 1.807) is 0 Å². The summed E-state index contributed by atoms with van der Waals surface area (Å²) in [6.45, 7) is 5.17. The highest BCUT2D eigenvalue weighted by Crippen LogP contribution is 2.35. The zero-order valence-electron chi connectivity index (χ0n) is 14.1. The number of nitrogens with zero attached hydrogens (tertiary/aromatic N) is 3. The second kappa shape index (κ2) is 6.21. The van der Waals surface area contributed by atoms with E-state index in [9.17, 15) is 0 Å². The normalized spacial score (nSPS) is 27.6. The highest BCUT2D eigenvalue weighted by molar-refractivity contribution is 5.75. The van der Waals surface area contributed by atoms with Crippen LogP contribution in [0.1, 0.15) is 55.8 Å². The summed E-state index contributed by atoms with van der Waals surface area (Å²) in [7, 11) is 2.22. The number of aromatic amines is 1. The molecule has 2 saturated heterocycles. The average Bonchev–Trinajstić information content (AvgIpc) is 3.02. The molecule has 2 fully saturated rings. The van der Waals surface area contributed by atoms with Gasteiger partial charge in [-0.2, -0.15) is 0 Å². The monoisotopic (exact) mass is 314 g/mol. The van der Waals surface area contributed by atoms with Gasteiger partial charge in [0.05, 0.1) is 0 Å². The number of imidazole rings is 1. The molecule has 0 radical (unpaired) electrons. The van der Waals surface area contributed by atoms with E-state index in [0.717, 1.165) is 49.6 Å². The van der Waals surface area contributed by atoms with Crippen molar-refractivity contribution in [1.29, 1.82) is 0 Å².